The monoisotopic (exact) mass is 522 g/mol. The van der Waals surface area contributed by atoms with Crippen LogP contribution in [-0.4, -0.2) is 59.2 Å². The van der Waals surface area contributed by atoms with Crippen LogP contribution in [0.4, 0.5) is 10.3 Å². The molecule has 0 atom stereocenters. The van der Waals surface area contributed by atoms with Crippen molar-refractivity contribution in [2.24, 2.45) is 0 Å². The van der Waals surface area contributed by atoms with E-state index in [1.54, 1.807) is 49.0 Å². The Morgan fingerprint density at radius 3 is 2.50 bits per heavy atom. The molecule has 0 radical (unpaired) electrons. The van der Waals surface area contributed by atoms with Crippen LogP contribution in [0.1, 0.15) is 58.8 Å². The minimum atomic E-state index is -0.926. The molecular formula is C28H35FN6O3. The van der Waals surface area contributed by atoms with Crippen LogP contribution >= 0.6 is 0 Å². The van der Waals surface area contributed by atoms with Gasteiger partial charge in [0.15, 0.2) is 0 Å². The van der Waals surface area contributed by atoms with Crippen LogP contribution in [0.5, 0.6) is 0 Å². The van der Waals surface area contributed by atoms with Crippen molar-refractivity contribution in [1.82, 2.24) is 24.0 Å². The lowest BCUT2D eigenvalue weighted by atomic mass is 9.90. The first kappa shape index (κ1) is 26.1. The highest BCUT2D eigenvalue weighted by Crippen LogP contribution is 2.28. The second-order valence-corrected chi connectivity index (χ2v) is 11.0. The molecule has 1 saturated carbocycles. The molecule has 10 heteroatoms. The third kappa shape index (κ3) is 5.80. The molecule has 1 aliphatic carbocycles. The van der Waals surface area contributed by atoms with Gasteiger partial charge in [-0.05, 0) is 82.7 Å². The summed E-state index contributed by atoms with van der Waals surface area (Å²) in [6.07, 6.45) is 9.16. The Hall–Kier alpha value is -3.53. The molecule has 3 heterocycles. The van der Waals surface area contributed by atoms with E-state index in [4.69, 9.17) is 4.98 Å². The number of nitrogens with one attached hydrogen (secondary N) is 1. The van der Waals surface area contributed by atoms with Gasteiger partial charge in [0.2, 0.25) is 11.9 Å². The van der Waals surface area contributed by atoms with E-state index in [9.17, 15) is 19.1 Å². The van der Waals surface area contributed by atoms with Gasteiger partial charge in [-0.15, -0.1) is 0 Å². The zero-order valence-electron chi connectivity index (χ0n) is 21.9. The number of carbonyl (C=O) groups excluding carboxylic acids is 1. The van der Waals surface area contributed by atoms with Crippen LogP contribution < -0.4 is 11.0 Å². The Bertz CT molecular complexity index is 1340. The van der Waals surface area contributed by atoms with E-state index in [1.165, 1.54) is 16.7 Å². The number of aromatic nitrogens is 4. The second-order valence-electron chi connectivity index (χ2n) is 11.0. The van der Waals surface area contributed by atoms with Crippen molar-refractivity contribution < 1.29 is 14.3 Å². The maximum atomic E-state index is 13.6. The van der Waals surface area contributed by atoms with E-state index in [2.05, 4.69) is 10.3 Å². The minimum Gasteiger partial charge on any atom is -0.390 e. The molecule has 5 rings (SSSR count). The molecule has 2 aliphatic rings. The zero-order chi connectivity index (χ0) is 26.9. The van der Waals surface area contributed by atoms with Gasteiger partial charge in [0.1, 0.15) is 5.82 Å². The van der Waals surface area contributed by atoms with Crippen LogP contribution in [0.2, 0.25) is 0 Å². The van der Waals surface area contributed by atoms with Crippen LogP contribution in [0, 0.1) is 5.82 Å². The maximum Gasteiger partial charge on any atom is 0.333 e. The Morgan fingerprint density at radius 1 is 1.11 bits per heavy atom. The summed E-state index contributed by atoms with van der Waals surface area (Å²) in [5, 5.41) is 13.6. The SMILES string of the molecule is CC(C)(O)CCn1cc(-c2ccnc(NC3CCC(N4CCCC4=O)CC3)n2)n(-c2ccc(F)cc2)c1=O. The summed E-state index contributed by atoms with van der Waals surface area (Å²) in [7, 11) is 0. The number of aryl methyl sites for hydroxylation is 1. The third-order valence-electron chi connectivity index (χ3n) is 7.50. The number of hydrogen-bond acceptors (Lipinski definition) is 6. The number of amides is 1. The number of anilines is 1. The summed E-state index contributed by atoms with van der Waals surface area (Å²) >= 11 is 0. The molecule has 1 aliphatic heterocycles. The molecule has 2 fully saturated rings. The van der Waals surface area contributed by atoms with Crippen LogP contribution in [-0.2, 0) is 11.3 Å². The quantitative estimate of drug-likeness (QED) is 0.467. The lowest BCUT2D eigenvalue weighted by molar-refractivity contribution is -0.130. The average Bonchev–Trinajstić information content (AvgIpc) is 3.46. The van der Waals surface area contributed by atoms with Crippen LogP contribution in [0.3, 0.4) is 0 Å². The first-order valence-corrected chi connectivity index (χ1v) is 13.4. The van der Waals surface area contributed by atoms with E-state index < -0.39 is 5.60 Å². The largest absolute Gasteiger partial charge is 0.390 e. The van der Waals surface area contributed by atoms with Gasteiger partial charge in [0, 0.05) is 44.0 Å². The number of carbonyl (C=O) groups is 1. The van der Waals surface area contributed by atoms with Crippen molar-refractivity contribution in [1.29, 1.82) is 0 Å². The smallest absolute Gasteiger partial charge is 0.333 e. The fraction of sp³-hybridized carbons (Fsp3) is 0.500. The molecule has 0 spiro atoms. The molecule has 1 saturated heterocycles. The highest BCUT2D eigenvalue weighted by atomic mass is 19.1. The molecular weight excluding hydrogens is 487 g/mol. The molecule has 1 aromatic carbocycles. The van der Waals surface area contributed by atoms with Gasteiger partial charge >= 0.3 is 5.69 Å². The third-order valence-corrected chi connectivity index (χ3v) is 7.50. The summed E-state index contributed by atoms with van der Waals surface area (Å²) in [5.41, 5.74) is 0.418. The Kier molecular flexibility index (Phi) is 7.34. The van der Waals surface area contributed by atoms with Gasteiger partial charge < -0.3 is 15.3 Å². The van der Waals surface area contributed by atoms with Gasteiger partial charge in [-0.1, -0.05) is 0 Å². The van der Waals surface area contributed by atoms with E-state index in [1.807, 2.05) is 4.90 Å². The topological polar surface area (TPSA) is 105 Å². The number of benzene rings is 1. The van der Waals surface area contributed by atoms with Crippen molar-refractivity contribution >= 4 is 11.9 Å². The fourth-order valence-corrected chi connectivity index (χ4v) is 5.41. The summed E-state index contributed by atoms with van der Waals surface area (Å²) in [6.45, 7) is 4.60. The van der Waals surface area contributed by atoms with Crippen molar-refractivity contribution in [3.63, 3.8) is 0 Å². The van der Waals surface area contributed by atoms with E-state index in [0.29, 0.717) is 48.5 Å². The first-order valence-electron chi connectivity index (χ1n) is 13.4. The summed E-state index contributed by atoms with van der Waals surface area (Å²) in [6, 6.07) is 8.03. The number of aliphatic hydroxyl groups is 1. The molecule has 3 aromatic rings. The lowest BCUT2D eigenvalue weighted by Crippen LogP contribution is -2.41. The molecule has 38 heavy (non-hydrogen) atoms. The Morgan fingerprint density at radius 2 is 1.84 bits per heavy atom. The molecule has 9 nitrogen and oxygen atoms in total. The summed E-state index contributed by atoms with van der Waals surface area (Å²) in [5.74, 6) is 0.367. The highest BCUT2D eigenvalue weighted by molar-refractivity contribution is 5.78. The molecule has 202 valence electrons. The normalized spacial score (nSPS) is 20.2. The van der Waals surface area contributed by atoms with Gasteiger partial charge in [0.05, 0.1) is 22.7 Å². The molecule has 2 N–H and O–H groups in total. The predicted molar refractivity (Wildman–Crippen MR) is 143 cm³/mol. The Balaban J connectivity index is 1.37. The van der Waals surface area contributed by atoms with E-state index in [-0.39, 0.29) is 23.5 Å². The van der Waals surface area contributed by atoms with Crippen molar-refractivity contribution in [3.05, 3.63) is 59.0 Å². The first-order chi connectivity index (χ1) is 18.2. The number of nitrogens with zero attached hydrogens (tertiary/aromatic N) is 5. The number of imidazole rings is 1. The fourth-order valence-electron chi connectivity index (χ4n) is 5.41. The number of rotatable bonds is 8. The summed E-state index contributed by atoms with van der Waals surface area (Å²) < 4.78 is 16.7. The number of likely N-dealkylation sites (tertiary alicyclic amines) is 1. The molecule has 2 aromatic heterocycles. The van der Waals surface area contributed by atoms with Gasteiger partial charge in [0.25, 0.3) is 0 Å². The van der Waals surface area contributed by atoms with Crippen molar-refractivity contribution in [3.8, 4) is 17.1 Å². The standard InChI is InChI=1S/C28H35FN6O3/c1-28(2,38)14-17-33-18-24(35(27(33)37)22-9-5-19(29)6-10-22)23-13-15-30-26(32-23)31-20-7-11-21(12-8-20)34-16-3-4-25(34)36/h5-6,9-10,13,15,18,20-21,38H,3-4,7-8,11-12,14,16-17H2,1-2H3,(H,30,31,32). The second kappa shape index (κ2) is 10.7. The highest BCUT2D eigenvalue weighted by Gasteiger charge is 2.31. The summed E-state index contributed by atoms with van der Waals surface area (Å²) in [4.78, 5) is 36.7. The predicted octanol–water partition coefficient (Wildman–Crippen LogP) is 3.74. The number of hydrogen-bond donors (Lipinski definition) is 2. The molecule has 0 bridgehead atoms. The van der Waals surface area contributed by atoms with Crippen LogP contribution in [0.25, 0.3) is 17.1 Å². The van der Waals surface area contributed by atoms with E-state index in [0.717, 1.165) is 38.6 Å². The minimum absolute atomic E-state index is 0.204. The number of halogens is 1. The lowest BCUT2D eigenvalue weighted by Gasteiger charge is -2.34. The van der Waals surface area contributed by atoms with Crippen molar-refractivity contribution in [2.45, 2.75) is 83.0 Å². The maximum absolute atomic E-state index is 13.6. The molecule has 1 amide bonds. The zero-order valence-corrected chi connectivity index (χ0v) is 21.9. The average molecular weight is 523 g/mol. The van der Waals surface area contributed by atoms with Gasteiger partial charge in [-0.3, -0.25) is 13.9 Å². The Labute approximate surface area is 221 Å². The molecule has 0 unspecified atom stereocenters. The van der Waals surface area contributed by atoms with Crippen LogP contribution in [0.15, 0.2) is 47.5 Å². The van der Waals surface area contributed by atoms with Crippen molar-refractivity contribution in [2.75, 3.05) is 11.9 Å². The van der Waals surface area contributed by atoms with Gasteiger partial charge in [-0.2, -0.15) is 0 Å². The van der Waals surface area contributed by atoms with E-state index >= 15 is 0 Å². The van der Waals surface area contributed by atoms with Gasteiger partial charge in [-0.25, -0.2) is 19.2 Å².